The molecule has 5 nitrogen and oxygen atoms in total. The Hall–Kier alpha value is -2.82. The SMILES string of the molecule is O=C(N[C@@H](Cc1ccccc1)c1ccccc1)N[C@@H]1CCCNC1=O. The monoisotopic (exact) mass is 337 g/mol. The van der Waals surface area contributed by atoms with Crippen LogP contribution in [0.15, 0.2) is 60.7 Å². The molecule has 25 heavy (non-hydrogen) atoms. The van der Waals surface area contributed by atoms with E-state index in [-0.39, 0.29) is 18.0 Å². The van der Waals surface area contributed by atoms with Crippen LogP contribution in [-0.2, 0) is 11.2 Å². The van der Waals surface area contributed by atoms with E-state index in [4.69, 9.17) is 0 Å². The van der Waals surface area contributed by atoms with Crippen LogP contribution in [0.4, 0.5) is 4.79 Å². The van der Waals surface area contributed by atoms with Gasteiger partial charge in [0.25, 0.3) is 0 Å². The summed E-state index contributed by atoms with van der Waals surface area (Å²) in [6, 6.07) is 19.0. The van der Waals surface area contributed by atoms with E-state index in [1.807, 2.05) is 60.7 Å². The Kier molecular flexibility index (Phi) is 5.67. The lowest BCUT2D eigenvalue weighted by Gasteiger charge is -2.25. The Morgan fingerprint density at radius 3 is 2.44 bits per heavy atom. The number of piperidine rings is 1. The third kappa shape index (κ3) is 4.83. The minimum atomic E-state index is -0.457. The van der Waals surface area contributed by atoms with Gasteiger partial charge in [-0.2, -0.15) is 0 Å². The summed E-state index contributed by atoms with van der Waals surface area (Å²) in [6.07, 6.45) is 2.24. The fraction of sp³-hybridized carbons (Fsp3) is 0.300. The summed E-state index contributed by atoms with van der Waals surface area (Å²) in [5.41, 5.74) is 2.18. The summed E-state index contributed by atoms with van der Waals surface area (Å²) < 4.78 is 0. The van der Waals surface area contributed by atoms with Crippen molar-refractivity contribution in [2.75, 3.05) is 6.54 Å². The largest absolute Gasteiger partial charge is 0.354 e. The van der Waals surface area contributed by atoms with E-state index in [2.05, 4.69) is 16.0 Å². The summed E-state index contributed by atoms with van der Waals surface area (Å²) in [7, 11) is 0. The Bertz CT molecular complexity index is 703. The highest BCUT2D eigenvalue weighted by Gasteiger charge is 2.24. The first-order valence-corrected chi connectivity index (χ1v) is 8.66. The van der Waals surface area contributed by atoms with Crippen molar-refractivity contribution in [3.8, 4) is 0 Å². The van der Waals surface area contributed by atoms with Crippen LogP contribution in [0.25, 0.3) is 0 Å². The van der Waals surface area contributed by atoms with Crippen LogP contribution >= 0.6 is 0 Å². The summed E-state index contributed by atoms with van der Waals surface area (Å²) in [5, 5.41) is 8.59. The molecule has 3 N–H and O–H groups in total. The van der Waals surface area contributed by atoms with E-state index in [0.717, 1.165) is 17.5 Å². The highest BCUT2D eigenvalue weighted by molar-refractivity contribution is 5.87. The van der Waals surface area contributed by atoms with Crippen molar-refractivity contribution < 1.29 is 9.59 Å². The van der Waals surface area contributed by atoms with Crippen LogP contribution in [0.5, 0.6) is 0 Å². The van der Waals surface area contributed by atoms with Crippen molar-refractivity contribution in [3.05, 3.63) is 71.8 Å². The van der Waals surface area contributed by atoms with Gasteiger partial charge in [0, 0.05) is 6.54 Å². The fourth-order valence-corrected chi connectivity index (χ4v) is 3.06. The molecule has 3 rings (SSSR count). The smallest absolute Gasteiger partial charge is 0.315 e. The van der Waals surface area contributed by atoms with E-state index < -0.39 is 6.04 Å². The lowest BCUT2D eigenvalue weighted by atomic mass is 9.99. The topological polar surface area (TPSA) is 70.2 Å². The molecule has 5 heteroatoms. The maximum Gasteiger partial charge on any atom is 0.315 e. The van der Waals surface area contributed by atoms with E-state index in [9.17, 15) is 9.59 Å². The number of carbonyl (C=O) groups is 2. The summed E-state index contributed by atoms with van der Waals surface area (Å²) in [5.74, 6) is -0.110. The first-order valence-electron chi connectivity index (χ1n) is 8.66. The van der Waals surface area contributed by atoms with Crippen molar-refractivity contribution in [1.29, 1.82) is 0 Å². The molecule has 0 unspecified atom stereocenters. The predicted molar refractivity (Wildman–Crippen MR) is 97.0 cm³/mol. The number of nitrogens with one attached hydrogen (secondary N) is 3. The number of carbonyl (C=O) groups excluding carboxylic acids is 2. The molecule has 1 fully saturated rings. The van der Waals surface area contributed by atoms with Crippen molar-refractivity contribution in [2.24, 2.45) is 0 Å². The van der Waals surface area contributed by atoms with Crippen LogP contribution in [-0.4, -0.2) is 24.5 Å². The highest BCUT2D eigenvalue weighted by atomic mass is 16.2. The Labute approximate surface area is 147 Å². The Morgan fingerprint density at radius 1 is 1.08 bits per heavy atom. The molecule has 0 bridgehead atoms. The number of amides is 3. The van der Waals surface area contributed by atoms with E-state index >= 15 is 0 Å². The van der Waals surface area contributed by atoms with Crippen molar-refractivity contribution in [2.45, 2.75) is 31.3 Å². The van der Waals surface area contributed by atoms with E-state index in [1.54, 1.807) is 0 Å². The molecular weight excluding hydrogens is 314 g/mol. The molecule has 2 aromatic rings. The van der Waals surface area contributed by atoms with E-state index in [1.165, 1.54) is 0 Å². The zero-order valence-corrected chi connectivity index (χ0v) is 14.1. The van der Waals surface area contributed by atoms with Gasteiger partial charge in [-0.25, -0.2) is 4.79 Å². The number of rotatable bonds is 5. The number of urea groups is 1. The van der Waals surface area contributed by atoms with Gasteiger partial charge in [-0.1, -0.05) is 60.7 Å². The van der Waals surface area contributed by atoms with E-state index in [0.29, 0.717) is 19.4 Å². The molecule has 1 aliphatic rings. The second kappa shape index (κ2) is 8.33. The molecule has 1 heterocycles. The second-order valence-corrected chi connectivity index (χ2v) is 6.26. The van der Waals surface area contributed by atoms with Gasteiger partial charge in [0.1, 0.15) is 6.04 Å². The summed E-state index contributed by atoms with van der Waals surface area (Å²) in [6.45, 7) is 0.680. The molecule has 1 aliphatic heterocycles. The molecule has 0 radical (unpaired) electrons. The lowest BCUT2D eigenvalue weighted by molar-refractivity contribution is -0.124. The zero-order chi connectivity index (χ0) is 17.5. The normalized spacial score (nSPS) is 18.1. The van der Waals surface area contributed by atoms with Crippen molar-refractivity contribution >= 4 is 11.9 Å². The van der Waals surface area contributed by atoms with Gasteiger partial charge >= 0.3 is 6.03 Å². The van der Waals surface area contributed by atoms with Gasteiger partial charge in [-0.15, -0.1) is 0 Å². The predicted octanol–water partition coefficient (Wildman–Crippen LogP) is 2.55. The highest BCUT2D eigenvalue weighted by Crippen LogP contribution is 2.18. The second-order valence-electron chi connectivity index (χ2n) is 6.26. The Balaban J connectivity index is 1.68. The van der Waals surface area contributed by atoms with Crippen molar-refractivity contribution in [1.82, 2.24) is 16.0 Å². The molecule has 2 atom stereocenters. The third-order valence-electron chi connectivity index (χ3n) is 4.38. The maximum atomic E-state index is 12.4. The van der Waals surface area contributed by atoms with Gasteiger partial charge < -0.3 is 16.0 Å². The average Bonchev–Trinajstić information content (AvgIpc) is 2.65. The summed E-state index contributed by atoms with van der Waals surface area (Å²) in [4.78, 5) is 24.3. The van der Waals surface area contributed by atoms with Crippen LogP contribution < -0.4 is 16.0 Å². The summed E-state index contributed by atoms with van der Waals surface area (Å²) >= 11 is 0. The number of hydrogen-bond acceptors (Lipinski definition) is 2. The minimum Gasteiger partial charge on any atom is -0.354 e. The van der Waals surface area contributed by atoms with Crippen molar-refractivity contribution in [3.63, 3.8) is 0 Å². The minimum absolute atomic E-state index is 0.110. The molecule has 130 valence electrons. The van der Waals surface area contributed by atoms with Gasteiger partial charge in [-0.05, 0) is 30.4 Å². The number of hydrogen-bond donors (Lipinski definition) is 3. The van der Waals surface area contributed by atoms with Gasteiger partial charge in [0.2, 0.25) is 5.91 Å². The molecule has 0 aromatic heterocycles. The molecule has 2 aromatic carbocycles. The third-order valence-corrected chi connectivity index (χ3v) is 4.38. The molecule has 0 saturated carbocycles. The average molecular weight is 337 g/mol. The van der Waals surface area contributed by atoms with Crippen LogP contribution in [0, 0.1) is 0 Å². The molecule has 0 aliphatic carbocycles. The first-order chi connectivity index (χ1) is 12.2. The van der Waals surface area contributed by atoms with Crippen LogP contribution in [0.1, 0.15) is 30.0 Å². The fourth-order valence-electron chi connectivity index (χ4n) is 3.06. The van der Waals surface area contributed by atoms with Crippen LogP contribution in [0.2, 0.25) is 0 Å². The Morgan fingerprint density at radius 2 is 1.76 bits per heavy atom. The van der Waals surface area contributed by atoms with Gasteiger partial charge in [0.05, 0.1) is 6.04 Å². The quantitative estimate of drug-likeness (QED) is 0.785. The standard InChI is InChI=1S/C20H23N3O2/c24-19-17(12-7-13-21-19)22-20(25)23-18(16-10-5-2-6-11-16)14-15-8-3-1-4-9-15/h1-6,8-11,17-18H,7,12-14H2,(H,21,24)(H2,22,23,25)/t17-,18+/m1/s1. The number of benzene rings is 2. The molecule has 0 spiro atoms. The molecule has 3 amide bonds. The maximum absolute atomic E-state index is 12.4. The van der Waals surface area contributed by atoms with Gasteiger partial charge in [-0.3, -0.25) is 4.79 Å². The zero-order valence-electron chi connectivity index (χ0n) is 14.1. The first kappa shape index (κ1) is 17.0. The molecule has 1 saturated heterocycles. The molecular formula is C20H23N3O2. The van der Waals surface area contributed by atoms with Crippen LogP contribution in [0.3, 0.4) is 0 Å². The van der Waals surface area contributed by atoms with Gasteiger partial charge in [0.15, 0.2) is 0 Å². The lowest BCUT2D eigenvalue weighted by Crippen LogP contribution is -2.53.